The second kappa shape index (κ2) is 8.40. The first-order valence-corrected chi connectivity index (χ1v) is 7.03. The van der Waals surface area contributed by atoms with Gasteiger partial charge in [-0.15, -0.1) is 16.5 Å². The quantitative estimate of drug-likeness (QED) is 0.227. The molecule has 0 aromatic rings. The lowest BCUT2D eigenvalue weighted by Crippen LogP contribution is -2.53. The largest absolute Gasteiger partial charge is 0.340 e. The summed E-state index contributed by atoms with van der Waals surface area (Å²) in [6.45, 7) is 1.63. The van der Waals surface area contributed by atoms with Crippen LogP contribution in [0.1, 0.15) is 6.42 Å². The van der Waals surface area contributed by atoms with Crippen LogP contribution in [-0.4, -0.2) is 78.3 Å². The summed E-state index contributed by atoms with van der Waals surface area (Å²) in [6.07, 6.45) is 0.474. The number of hydrogen-bond donors (Lipinski definition) is 1. The van der Waals surface area contributed by atoms with Gasteiger partial charge in [0, 0.05) is 39.1 Å². The van der Waals surface area contributed by atoms with Gasteiger partial charge in [0.15, 0.2) is 0 Å². The molecule has 0 atom stereocenters. The Labute approximate surface area is 127 Å². The zero-order valence-corrected chi connectivity index (χ0v) is 12.5. The lowest BCUT2D eigenvalue weighted by atomic mass is 10.3. The van der Waals surface area contributed by atoms with Crippen LogP contribution in [0.5, 0.6) is 0 Å². The van der Waals surface area contributed by atoms with Gasteiger partial charge in [-0.1, -0.05) is 0 Å². The first-order valence-electron chi connectivity index (χ1n) is 6.50. The van der Waals surface area contributed by atoms with Gasteiger partial charge in [-0.25, -0.2) is 4.79 Å². The van der Waals surface area contributed by atoms with E-state index in [1.54, 1.807) is 7.05 Å². The van der Waals surface area contributed by atoms with E-state index in [2.05, 4.69) is 10.6 Å². The number of piperazine rings is 1. The van der Waals surface area contributed by atoms with Gasteiger partial charge in [0.05, 0.1) is 11.8 Å². The highest BCUT2D eigenvalue weighted by molar-refractivity contribution is 6.35. The molecule has 0 aromatic carbocycles. The molecule has 21 heavy (non-hydrogen) atoms. The van der Waals surface area contributed by atoms with Crippen LogP contribution in [0.3, 0.4) is 0 Å². The number of nitrogens with zero attached hydrogens (tertiary/aromatic N) is 4. The highest BCUT2D eigenvalue weighted by Gasteiger charge is 2.29. The number of carbonyl (C=O) groups is 3. The van der Waals surface area contributed by atoms with Crippen molar-refractivity contribution in [1.29, 1.82) is 0 Å². The molecule has 1 aliphatic heterocycles. The van der Waals surface area contributed by atoms with Gasteiger partial charge in [-0.2, -0.15) is 5.01 Å². The maximum Gasteiger partial charge on any atom is 0.340 e. The number of carbonyl (C=O) groups excluding carboxylic acids is 3. The predicted octanol–water partition coefficient (Wildman–Crippen LogP) is -0.391. The fourth-order valence-electron chi connectivity index (χ4n) is 1.80. The summed E-state index contributed by atoms with van der Waals surface area (Å²) in [7, 11) is 1.58. The standard InChI is InChI=1S/C11H18ClN5O4/c1-15-7-8-16(10(19)9(15)18)5-2-4-13-11(20)17(14-21)6-3-12/h2-8H2,1H3,(H,13,20). The number of nitrogens with one attached hydrogen (secondary N) is 1. The van der Waals surface area contributed by atoms with Crippen LogP contribution in [0.4, 0.5) is 4.79 Å². The summed E-state index contributed by atoms with van der Waals surface area (Å²) in [5.41, 5.74) is 0. The number of alkyl halides is 1. The first-order chi connectivity index (χ1) is 10.0. The molecule has 1 rings (SSSR count). The third-order valence-electron chi connectivity index (χ3n) is 3.03. The minimum atomic E-state index is -0.633. The van der Waals surface area contributed by atoms with Crippen LogP contribution in [0.2, 0.25) is 0 Å². The van der Waals surface area contributed by atoms with Crippen LogP contribution >= 0.6 is 11.6 Å². The van der Waals surface area contributed by atoms with Crippen LogP contribution in [-0.2, 0) is 9.59 Å². The van der Waals surface area contributed by atoms with Crippen molar-refractivity contribution in [3.63, 3.8) is 0 Å². The van der Waals surface area contributed by atoms with Crippen LogP contribution in [0, 0.1) is 4.91 Å². The molecule has 4 amide bonds. The maximum atomic E-state index is 11.7. The van der Waals surface area contributed by atoms with Crippen molar-refractivity contribution in [2.24, 2.45) is 5.29 Å². The number of halogens is 1. The molecule has 0 radical (unpaired) electrons. The Morgan fingerprint density at radius 2 is 2.10 bits per heavy atom. The Hall–Kier alpha value is -1.90. The molecule has 1 saturated heterocycles. The van der Waals surface area contributed by atoms with Gasteiger partial charge >= 0.3 is 17.8 Å². The Morgan fingerprint density at radius 1 is 1.38 bits per heavy atom. The van der Waals surface area contributed by atoms with Crippen molar-refractivity contribution < 1.29 is 14.4 Å². The number of hydrogen-bond acceptors (Lipinski definition) is 5. The van der Waals surface area contributed by atoms with Gasteiger partial charge in [0.25, 0.3) is 0 Å². The van der Waals surface area contributed by atoms with E-state index in [0.29, 0.717) is 31.1 Å². The van der Waals surface area contributed by atoms with E-state index >= 15 is 0 Å². The van der Waals surface area contributed by atoms with Crippen molar-refractivity contribution >= 4 is 29.4 Å². The van der Waals surface area contributed by atoms with Gasteiger partial charge in [0.1, 0.15) is 0 Å². The Kier molecular flexibility index (Phi) is 6.86. The minimum absolute atomic E-state index is 0.0301. The lowest BCUT2D eigenvalue weighted by Gasteiger charge is -2.31. The average molecular weight is 320 g/mol. The third-order valence-corrected chi connectivity index (χ3v) is 3.20. The molecule has 1 aliphatic rings. The minimum Gasteiger partial charge on any atom is -0.336 e. The highest BCUT2D eigenvalue weighted by Crippen LogP contribution is 2.03. The summed E-state index contributed by atoms with van der Waals surface area (Å²) in [6, 6.07) is -0.633. The van der Waals surface area contributed by atoms with Crippen molar-refractivity contribution in [1.82, 2.24) is 20.1 Å². The molecule has 0 spiro atoms. The summed E-state index contributed by atoms with van der Waals surface area (Å²) >= 11 is 5.42. The number of rotatable bonds is 7. The fraction of sp³-hybridized carbons (Fsp3) is 0.727. The molecule has 0 aliphatic carbocycles. The second-order valence-corrected chi connectivity index (χ2v) is 4.88. The second-order valence-electron chi connectivity index (χ2n) is 4.50. The van der Waals surface area contributed by atoms with E-state index in [0.717, 1.165) is 0 Å². The Bertz CT molecular complexity index is 419. The topological polar surface area (TPSA) is 102 Å². The number of nitroso groups, excluding NO2 is 1. The summed E-state index contributed by atoms with van der Waals surface area (Å²) in [5, 5.41) is 5.73. The maximum absolute atomic E-state index is 11.7. The Morgan fingerprint density at radius 3 is 2.71 bits per heavy atom. The van der Waals surface area contributed by atoms with E-state index in [9.17, 15) is 19.3 Å². The number of likely N-dealkylation sites (N-methyl/N-ethyl adjacent to an activating group) is 1. The molecule has 1 N–H and O–H groups in total. The average Bonchev–Trinajstić information content (AvgIpc) is 2.48. The van der Waals surface area contributed by atoms with Crippen LogP contribution in [0.25, 0.3) is 0 Å². The molecule has 118 valence electrons. The van der Waals surface area contributed by atoms with Crippen molar-refractivity contribution in [2.75, 3.05) is 45.7 Å². The number of amides is 4. The lowest BCUT2D eigenvalue weighted by molar-refractivity contribution is -0.154. The van der Waals surface area contributed by atoms with Gasteiger partial charge < -0.3 is 15.1 Å². The molecule has 0 unspecified atom stereocenters. The highest BCUT2D eigenvalue weighted by atomic mass is 35.5. The zero-order chi connectivity index (χ0) is 15.8. The van der Waals surface area contributed by atoms with E-state index in [4.69, 9.17) is 11.6 Å². The van der Waals surface area contributed by atoms with E-state index in [1.165, 1.54) is 9.80 Å². The fourth-order valence-corrected chi connectivity index (χ4v) is 1.96. The summed E-state index contributed by atoms with van der Waals surface area (Å²) in [4.78, 5) is 47.9. The smallest absolute Gasteiger partial charge is 0.336 e. The predicted molar refractivity (Wildman–Crippen MR) is 75.5 cm³/mol. The molecule has 9 nitrogen and oxygen atoms in total. The van der Waals surface area contributed by atoms with Crippen LogP contribution < -0.4 is 5.32 Å². The van der Waals surface area contributed by atoms with Crippen molar-refractivity contribution in [3.8, 4) is 0 Å². The van der Waals surface area contributed by atoms with Crippen molar-refractivity contribution in [3.05, 3.63) is 4.91 Å². The SMILES string of the molecule is CN1CCN(CCCNC(=O)N(CCCl)N=O)C(=O)C1=O. The number of urea groups is 1. The zero-order valence-electron chi connectivity index (χ0n) is 11.7. The van der Waals surface area contributed by atoms with Gasteiger partial charge in [-0.3, -0.25) is 9.59 Å². The molecule has 1 heterocycles. The molecular formula is C11H18ClN5O4. The molecule has 0 aromatic heterocycles. The van der Waals surface area contributed by atoms with Gasteiger partial charge in [-0.05, 0) is 6.42 Å². The molecule has 0 bridgehead atoms. The molecular weight excluding hydrogens is 302 g/mol. The molecule has 10 heteroatoms. The monoisotopic (exact) mass is 319 g/mol. The Balaban J connectivity index is 2.28. The van der Waals surface area contributed by atoms with E-state index in [-0.39, 0.29) is 19.0 Å². The molecule has 1 fully saturated rings. The normalized spacial score (nSPS) is 15.1. The first kappa shape index (κ1) is 17.2. The van der Waals surface area contributed by atoms with Gasteiger partial charge in [0.2, 0.25) is 0 Å². The third kappa shape index (κ3) is 4.85. The van der Waals surface area contributed by atoms with E-state index in [1.807, 2.05) is 0 Å². The van der Waals surface area contributed by atoms with E-state index < -0.39 is 17.8 Å². The van der Waals surface area contributed by atoms with Crippen molar-refractivity contribution in [2.45, 2.75) is 6.42 Å². The summed E-state index contributed by atoms with van der Waals surface area (Å²) in [5.74, 6) is -0.950. The molecule has 0 saturated carbocycles. The summed E-state index contributed by atoms with van der Waals surface area (Å²) < 4.78 is 0. The van der Waals surface area contributed by atoms with Crippen LogP contribution in [0.15, 0.2) is 5.29 Å².